The van der Waals surface area contributed by atoms with Crippen LogP contribution in [0.3, 0.4) is 0 Å². The molecule has 10 nitrogen and oxygen atoms in total. The summed E-state index contributed by atoms with van der Waals surface area (Å²) in [5, 5.41) is -0.316. The van der Waals surface area contributed by atoms with Gasteiger partial charge in [-0.1, -0.05) is 43.6 Å². The normalized spacial score (nSPS) is 12.4. The van der Waals surface area contributed by atoms with Crippen LogP contribution in [0.1, 0.15) is 25.3 Å². The topological polar surface area (TPSA) is 122 Å². The second-order valence-corrected chi connectivity index (χ2v) is 10.5. The fourth-order valence-electron chi connectivity index (χ4n) is 3.63. The summed E-state index contributed by atoms with van der Waals surface area (Å²) in [5.41, 5.74) is 1.43. The second-order valence-electron chi connectivity index (χ2n) is 8.53. The Labute approximate surface area is 224 Å². The van der Waals surface area contributed by atoms with Crippen molar-refractivity contribution in [2.45, 2.75) is 24.8 Å². The molecule has 0 fully saturated rings. The van der Waals surface area contributed by atoms with Gasteiger partial charge in [-0.2, -0.15) is 8.42 Å². The van der Waals surface area contributed by atoms with Gasteiger partial charge >= 0.3 is 0 Å². The van der Waals surface area contributed by atoms with Crippen molar-refractivity contribution in [3.63, 3.8) is 0 Å². The number of methoxy groups -OCH3 is 1. The van der Waals surface area contributed by atoms with E-state index in [2.05, 4.69) is 19.7 Å². The zero-order valence-corrected chi connectivity index (χ0v) is 22.2. The number of rotatable bonds is 8. The minimum atomic E-state index is -4.18. The van der Waals surface area contributed by atoms with Gasteiger partial charge < -0.3 is 18.9 Å². The van der Waals surface area contributed by atoms with Gasteiger partial charge in [0, 0.05) is 11.8 Å². The minimum absolute atomic E-state index is 0.0970. The molecule has 1 N–H and O–H groups in total. The average molecular weight is 555 g/mol. The molecule has 0 aliphatic carbocycles. The first-order valence-electron chi connectivity index (χ1n) is 11.5. The first-order chi connectivity index (χ1) is 18.2. The van der Waals surface area contributed by atoms with Crippen LogP contribution >= 0.6 is 11.6 Å². The lowest BCUT2D eigenvalue weighted by Crippen LogP contribution is -2.17. The van der Waals surface area contributed by atoms with Crippen LogP contribution in [0.4, 0.5) is 5.82 Å². The zero-order chi connectivity index (χ0) is 26.9. The monoisotopic (exact) mass is 554 g/mol. The lowest BCUT2D eigenvalue weighted by atomic mass is 10.1. The molecule has 0 atom stereocenters. The van der Waals surface area contributed by atoms with Crippen LogP contribution in [0.5, 0.6) is 28.7 Å². The molecular formula is C26H23ClN4O6S. The summed E-state index contributed by atoms with van der Waals surface area (Å²) in [5.74, 6) is 1.82. The molecule has 1 aliphatic rings. The van der Waals surface area contributed by atoms with Gasteiger partial charge in [0.2, 0.25) is 12.5 Å². The molecule has 4 aromatic rings. The zero-order valence-electron chi connectivity index (χ0n) is 20.6. The predicted molar refractivity (Wildman–Crippen MR) is 141 cm³/mol. The van der Waals surface area contributed by atoms with Gasteiger partial charge in [0.1, 0.15) is 0 Å². The lowest BCUT2D eigenvalue weighted by molar-refractivity contribution is 0.174. The number of anilines is 1. The summed E-state index contributed by atoms with van der Waals surface area (Å²) in [7, 11) is -2.69. The first-order valence-corrected chi connectivity index (χ1v) is 13.4. The number of hydrogen-bond acceptors (Lipinski definition) is 9. The van der Waals surface area contributed by atoms with Crippen molar-refractivity contribution in [1.82, 2.24) is 15.0 Å². The van der Waals surface area contributed by atoms with Crippen LogP contribution in [-0.2, 0) is 10.0 Å². The van der Waals surface area contributed by atoms with E-state index in [1.165, 1.54) is 19.4 Å². The fourth-order valence-corrected chi connectivity index (χ4v) is 4.78. The maximum absolute atomic E-state index is 13.3. The summed E-state index contributed by atoms with van der Waals surface area (Å²) in [4.78, 5) is 13.0. The number of para-hydroxylation sites is 2. The van der Waals surface area contributed by atoms with Crippen molar-refractivity contribution in [2.24, 2.45) is 0 Å². The molecule has 0 saturated heterocycles. The highest BCUT2D eigenvalue weighted by molar-refractivity contribution is 7.92. The number of hydrogen-bond donors (Lipinski definition) is 1. The van der Waals surface area contributed by atoms with Crippen LogP contribution < -0.4 is 23.7 Å². The van der Waals surface area contributed by atoms with Gasteiger partial charge in [-0.05, 0) is 47.9 Å². The standard InChI is InChI=1S/C26H23ClN4O6S/c1-15(2)17-9-11-22(28-13-17)38(32,33)31-26-23(37-20-7-5-4-6-18(20)34-3)24(27)29-25(30-26)16-8-10-19-21(12-16)36-14-35-19/h4-13,15H,14H2,1-3H3,(H,29,30,31). The molecule has 5 rings (SSSR count). The quantitative estimate of drug-likeness (QED) is 0.275. The van der Waals surface area contributed by atoms with Crippen molar-refractivity contribution in [3.8, 4) is 40.1 Å². The van der Waals surface area contributed by atoms with Crippen molar-refractivity contribution in [1.29, 1.82) is 0 Å². The summed E-state index contributed by atoms with van der Waals surface area (Å²) in [6.07, 6.45) is 1.52. The van der Waals surface area contributed by atoms with Gasteiger partial charge in [-0.25, -0.2) is 15.0 Å². The van der Waals surface area contributed by atoms with E-state index in [0.29, 0.717) is 22.8 Å². The highest BCUT2D eigenvalue weighted by atomic mass is 35.5. The number of aromatic nitrogens is 3. The second kappa shape index (κ2) is 10.3. The van der Waals surface area contributed by atoms with Gasteiger partial charge in [0.15, 0.2) is 44.8 Å². The first kappa shape index (κ1) is 25.6. The van der Waals surface area contributed by atoms with Crippen LogP contribution in [0.2, 0.25) is 5.15 Å². The molecule has 1 aliphatic heterocycles. The Morgan fingerprint density at radius 2 is 1.76 bits per heavy atom. The van der Waals surface area contributed by atoms with E-state index in [4.69, 9.17) is 30.5 Å². The maximum atomic E-state index is 13.3. The minimum Gasteiger partial charge on any atom is -0.493 e. The molecule has 3 heterocycles. The van der Waals surface area contributed by atoms with Crippen molar-refractivity contribution < 1.29 is 27.4 Å². The Hall–Kier alpha value is -4.09. The van der Waals surface area contributed by atoms with E-state index in [-0.39, 0.29) is 46.0 Å². The predicted octanol–water partition coefficient (Wildman–Crippen LogP) is 5.65. The molecule has 0 spiro atoms. The lowest BCUT2D eigenvalue weighted by Gasteiger charge is -2.16. The van der Waals surface area contributed by atoms with E-state index in [1.807, 2.05) is 13.8 Å². The van der Waals surface area contributed by atoms with Gasteiger partial charge in [0.05, 0.1) is 7.11 Å². The fraction of sp³-hybridized carbons (Fsp3) is 0.192. The summed E-state index contributed by atoms with van der Waals surface area (Å²) in [6, 6.07) is 15.1. The molecule has 12 heteroatoms. The molecule has 0 bridgehead atoms. The number of ether oxygens (including phenoxy) is 4. The number of nitrogens with one attached hydrogen (secondary N) is 1. The summed E-state index contributed by atoms with van der Waals surface area (Å²) in [6.45, 7) is 4.08. The largest absolute Gasteiger partial charge is 0.493 e. The van der Waals surface area contributed by atoms with Crippen molar-refractivity contribution in [2.75, 3.05) is 18.6 Å². The van der Waals surface area contributed by atoms with E-state index in [9.17, 15) is 8.42 Å². The van der Waals surface area contributed by atoms with E-state index in [0.717, 1.165) is 5.56 Å². The maximum Gasteiger partial charge on any atom is 0.280 e. The molecule has 196 valence electrons. The SMILES string of the molecule is COc1ccccc1Oc1c(Cl)nc(-c2ccc3c(c2)OCO3)nc1NS(=O)(=O)c1ccc(C(C)C)cn1. The Bertz CT molecular complexity index is 1600. The Balaban J connectivity index is 1.59. The van der Waals surface area contributed by atoms with Crippen LogP contribution in [0.15, 0.2) is 65.8 Å². The molecule has 38 heavy (non-hydrogen) atoms. The third kappa shape index (κ3) is 5.15. The van der Waals surface area contributed by atoms with Gasteiger partial charge in [-0.15, -0.1) is 0 Å². The Kier molecular flexibility index (Phi) is 6.96. The van der Waals surface area contributed by atoms with Crippen molar-refractivity contribution >= 4 is 27.4 Å². The number of pyridine rings is 1. The molecule has 0 saturated carbocycles. The molecule has 2 aromatic heterocycles. The number of halogens is 1. The molecule has 0 amide bonds. The highest BCUT2D eigenvalue weighted by Crippen LogP contribution is 2.41. The number of benzene rings is 2. The Morgan fingerprint density at radius 1 is 1.00 bits per heavy atom. The van der Waals surface area contributed by atoms with Crippen LogP contribution in [0, 0.1) is 0 Å². The number of nitrogens with zero attached hydrogens (tertiary/aromatic N) is 3. The summed E-state index contributed by atoms with van der Waals surface area (Å²) >= 11 is 6.55. The Morgan fingerprint density at radius 3 is 2.47 bits per heavy atom. The molecule has 0 radical (unpaired) electrons. The smallest absolute Gasteiger partial charge is 0.280 e. The average Bonchev–Trinajstić information content (AvgIpc) is 3.38. The van der Waals surface area contributed by atoms with Crippen molar-refractivity contribution in [3.05, 3.63) is 71.5 Å². The van der Waals surface area contributed by atoms with E-state index >= 15 is 0 Å². The summed E-state index contributed by atoms with van der Waals surface area (Å²) < 4.78 is 51.3. The van der Waals surface area contributed by atoms with E-state index in [1.54, 1.807) is 48.5 Å². The number of fused-ring (bicyclic) bond motifs is 1. The molecule has 0 unspecified atom stereocenters. The van der Waals surface area contributed by atoms with Crippen LogP contribution in [0.25, 0.3) is 11.4 Å². The molecule has 2 aromatic carbocycles. The third-order valence-electron chi connectivity index (χ3n) is 5.67. The van der Waals surface area contributed by atoms with Crippen LogP contribution in [-0.4, -0.2) is 37.3 Å². The highest BCUT2D eigenvalue weighted by Gasteiger charge is 2.25. The molecular weight excluding hydrogens is 532 g/mol. The van der Waals surface area contributed by atoms with E-state index < -0.39 is 10.0 Å². The van der Waals surface area contributed by atoms with Gasteiger partial charge in [-0.3, -0.25) is 4.72 Å². The number of sulfonamides is 1. The van der Waals surface area contributed by atoms with Gasteiger partial charge in [0.25, 0.3) is 10.0 Å². The third-order valence-corrected chi connectivity index (χ3v) is 7.18.